The van der Waals surface area contributed by atoms with Crippen molar-refractivity contribution in [2.75, 3.05) is 5.32 Å². The van der Waals surface area contributed by atoms with E-state index in [1.54, 1.807) is 11.3 Å². The highest BCUT2D eigenvalue weighted by Gasteiger charge is 1.99. The molecule has 4 heteroatoms. The average Bonchev–Trinajstić information content (AvgIpc) is 2.66. The van der Waals surface area contributed by atoms with Gasteiger partial charge in [0, 0.05) is 26.1 Å². The lowest BCUT2D eigenvalue weighted by Crippen LogP contribution is -1.97. The van der Waals surface area contributed by atoms with Crippen LogP contribution in [0.25, 0.3) is 0 Å². The van der Waals surface area contributed by atoms with Gasteiger partial charge in [-0.1, -0.05) is 17.7 Å². The summed E-state index contributed by atoms with van der Waals surface area (Å²) in [4.78, 5) is 1.25. The fraction of sp³-hybridized carbons (Fsp3) is 0.167. The van der Waals surface area contributed by atoms with Crippen LogP contribution in [0.5, 0.6) is 0 Å². The smallest absolute Gasteiger partial charge is 0.0516 e. The molecule has 0 fully saturated rings. The van der Waals surface area contributed by atoms with Crippen molar-refractivity contribution in [3.63, 3.8) is 0 Å². The number of halogens is 2. The van der Waals surface area contributed by atoms with Crippen LogP contribution in [0.4, 0.5) is 5.69 Å². The van der Waals surface area contributed by atoms with Crippen molar-refractivity contribution in [2.45, 2.75) is 13.5 Å². The molecule has 0 saturated carbocycles. The van der Waals surface area contributed by atoms with Crippen molar-refractivity contribution in [1.29, 1.82) is 0 Å². The molecule has 16 heavy (non-hydrogen) atoms. The molecule has 84 valence electrons. The Bertz CT molecular complexity index is 496. The quantitative estimate of drug-likeness (QED) is 0.763. The van der Waals surface area contributed by atoms with E-state index in [9.17, 15) is 0 Å². The molecule has 1 nitrogen and oxygen atoms in total. The summed E-state index contributed by atoms with van der Waals surface area (Å²) in [6.45, 7) is 2.95. The van der Waals surface area contributed by atoms with E-state index in [2.05, 4.69) is 53.0 Å². The summed E-state index contributed by atoms with van der Waals surface area (Å²) in [5, 5.41) is 6.16. The van der Waals surface area contributed by atoms with Crippen molar-refractivity contribution >= 4 is 51.2 Å². The maximum atomic E-state index is 5.87. The third-order valence-electron chi connectivity index (χ3n) is 2.26. The first-order valence-electron chi connectivity index (χ1n) is 4.88. The van der Waals surface area contributed by atoms with Gasteiger partial charge in [-0.3, -0.25) is 0 Å². The molecule has 0 radical (unpaired) electrons. The van der Waals surface area contributed by atoms with E-state index in [0.29, 0.717) is 0 Å². The molecule has 1 aromatic heterocycles. The predicted molar refractivity (Wildman–Crippen MR) is 80.6 cm³/mol. The average molecular weight is 364 g/mol. The number of hydrogen-bond donors (Lipinski definition) is 1. The summed E-state index contributed by atoms with van der Waals surface area (Å²) >= 11 is 9.90. The van der Waals surface area contributed by atoms with Gasteiger partial charge < -0.3 is 5.32 Å². The summed E-state index contributed by atoms with van der Waals surface area (Å²) in [6, 6.07) is 8.39. The highest BCUT2D eigenvalue weighted by atomic mass is 127. The van der Waals surface area contributed by atoms with E-state index in [4.69, 9.17) is 11.6 Å². The van der Waals surface area contributed by atoms with Crippen LogP contribution in [-0.4, -0.2) is 0 Å². The van der Waals surface area contributed by atoms with Crippen LogP contribution in [0.2, 0.25) is 5.02 Å². The molecule has 1 aromatic carbocycles. The summed E-state index contributed by atoms with van der Waals surface area (Å²) < 4.78 is 1.28. The molecule has 0 spiro atoms. The molecule has 0 aliphatic carbocycles. The monoisotopic (exact) mass is 363 g/mol. The van der Waals surface area contributed by atoms with Gasteiger partial charge in [-0.25, -0.2) is 0 Å². The van der Waals surface area contributed by atoms with E-state index >= 15 is 0 Å². The molecule has 0 aliphatic heterocycles. The van der Waals surface area contributed by atoms with Crippen molar-refractivity contribution < 1.29 is 0 Å². The molecular formula is C12H11ClINS. The van der Waals surface area contributed by atoms with Crippen LogP contribution in [0.3, 0.4) is 0 Å². The molecule has 0 bridgehead atoms. The van der Waals surface area contributed by atoms with Gasteiger partial charge in [0.1, 0.15) is 0 Å². The highest BCUT2D eigenvalue weighted by molar-refractivity contribution is 14.1. The zero-order valence-electron chi connectivity index (χ0n) is 8.76. The standard InChI is InChI=1S/C12H11ClINS/c1-8-2-3-10(5-12(8)14)15-6-11-4-9(13)7-16-11/h2-5,7,15H,6H2,1H3. The van der Waals surface area contributed by atoms with Crippen LogP contribution < -0.4 is 5.32 Å². The zero-order chi connectivity index (χ0) is 11.5. The summed E-state index contributed by atoms with van der Waals surface area (Å²) in [5.41, 5.74) is 2.46. The topological polar surface area (TPSA) is 12.0 Å². The molecule has 0 saturated heterocycles. The van der Waals surface area contributed by atoms with Crippen LogP contribution in [0, 0.1) is 10.5 Å². The number of anilines is 1. The van der Waals surface area contributed by atoms with E-state index in [1.165, 1.54) is 14.0 Å². The van der Waals surface area contributed by atoms with Crippen molar-refractivity contribution in [3.05, 3.63) is 48.7 Å². The summed E-state index contributed by atoms with van der Waals surface area (Å²) in [6.07, 6.45) is 0. The number of aryl methyl sites for hydroxylation is 1. The predicted octanol–water partition coefficient (Wildman–Crippen LogP) is 4.93. The largest absolute Gasteiger partial charge is 0.380 e. The maximum absolute atomic E-state index is 5.87. The minimum absolute atomic E-state index is 0.820. The lowest BCUT2D eigenvalue weighted by Gasteiger charge is -2.06. The van der Waals surface area contributed by atoms with Crippen LogP contribution >= 0.6 is 45.5 Å². The van der Waals surface area contributed by atoms with Crippen LogP contribution in [0.15, 0.2) is 29.6 Å². The molecule has 0 unspecified atom stereocenters. The van der Waals surface area contributed by atoms with Crippen LogP contribution in [-0.2, 0) is 6.54 Å². The number of nitrogens with one attached hydrogen (secondary N) is 1. The van der Waals surface area contributed by atoms with Crippen molar-refractivity contribution in [1.82, 2.24) is 0 Å². The Morgan fingerprint density at radius 3 is 2.81 bits per heavy atom. The first-order chi connectivity index (χ1) is 7.65. The number of benzene rings is 1. The van der Waals surface area contributed by atoms with E-state index in [-0.39, 0.29) is 0 Å². The van der Waals surface area contributed by atoms with E-state index in [1.807, 2.05) is 11.4 Å². The molecule has 2 rings (SSSR count). The van der Waals surface area contributed by atoms with Crippen molar-refractivity contribution in [3.8, 4) is 0 Å². The van der Waals surface area contributed by atoms with Gasteiger partial charge in [0.05, 0.1) is 5.02 Å². The second kappa shape index (κ2) is 5.38. The molecule has 1 heterocycles. The second-order valence-corrected chi connectivity index (χ2v) is 6.14. The number of thiophene rings is 1. The fourth-order valence-corrected chi connectivity index (χ4v) is 2.87. The summed E-state index contributed by atoms with van der Waals surface area (Å²) in [5.74, 6) is 0. The van der Waals surface area contributed by atoms with Crippen molar-refractivity contribution in [2.24, 2.45) is 0 Å². The lowest BCUT2D eigenvalue weighted by atomic mass is 10.2. The molecule has 0 atom stereocenters. The third-order valence-corrected chi connectivity index (χ3v) is 4.71. The molecular weight excluding hydrogens is 353 g/mol. The Morgan fingerprint density at radius 2 is 2.19 bits per heavy atom. The number of hydrogen-bond acceptors (Lipinski definition) is 2. The maximum Gasteiger partial charge on any atom is 0.0516 e. The van der Waals surface area contributed by atoms with Gasteiger partial charge in [0.15, 0.2) is 0 Å². The Labute approximate surface area is 118 Å². The Kier molecular flexibility index (Phi) is 4.10. The second-order valence-electron chi connectivity index (χ2n) is 3.55. The minimum atomic E-state index is 0.820. The molecule has 0 aliphatic rings. The normalized spacial score (nSPS) is 10.4. The Hall–Kier alpha value is -0.260. The minimum Gasteiger partial charge on any atom is -0.380 e. The Morgan fingerprint density at radius 1 is 1.38 bits per heavy atom. The molecule has 2 aromatic rings. The SMILES string of the molecule is Cc1ccc(NCc2cc(Cl)cs2)cc1I. The highest BCUT2D eigenvalue weighted by Crippen LogP contribution is 2.21. The molecule has 0 amide bonds. The van der Waals surface area contributed by atoms with Gasteiger partial charge in [-0.2, -0.15) is 0 Å². The van der Waals surface area contributed by atoms with E-state index in [0.717, 1.165) is 17.3 Å². The first kappa shape index (κ1) is 12.2. The third kappa shape index (κ3) is 3.12. The van der Waals surface area contributed by atoms with E-state index < -0.39 is 0 Å². The van der Waals surface area contributed by atoms with Gasteiger partial charge in [0.25, 0.3) is 0 Å². The summed E-state index contributed by atoms with van der Waals surface area (Å²) in [7, 11) is 0. The van der Waals surface area contributed by atoms with Gasteiger partial charge >= 0.3 is 0 Å². The molecule has 1 N–H and O–H groups in total. The first-order valence-corrected chi connectivity index (χ1v) is 7.22. The lowest BCUT2D eigenvalue weighted by molar-refractivity contribution is 1.19. The van der Waals surface area contributed by atoms with Gasteiger partial charge in [-0.05, 0) is 53.3 Å². The number of rotatable bonds is 3. The fourth-order valence-electron chi connectivity index (χ4n) is 1.34. The zero-order valence-corrected chi connectivity index (χ0v) is 12.5. The van der Waals surface area contributed by atoms with Gasteiger partial charge in [-0.15, -0.1) is 11.3 Å². The van der Waals surface area contributed by atoms with Crippen LogP contribution in [0.1, 0.15) is 10.4 Å². The Balaban J connectivity index is 2.02. The van der Waals surface area contributed by atoms with Gasteiger partial charge in [0.2, 0.25) is 0 Å².